The molecule has 0 unspecified atom stereocenters. The van der Waals surface area contributed by atoms with Crippen molar-refractivity contribution in [1.29, 1.82) is 0 Å². The zero-order chi connectivity index (χ0) is 22.6. The number of carbonyl (C=O) groups excluding carboxylic acids is 1. The molecular formula is C24H24N2O5S. The zero-order valence-corrected chi connectivity index (χ0v) is 18.5. The number of fused-ring (bicyclic) bond motifs is 1. The van der Waals surface area contributed by atoms with Crippen LogP contribution in [-0.4, -0.2) is 32.0 Å². The van der Waals surface area contributed by atoms with Crippen molar-refractivity contribution in [2.75, 3.05) is 13.3 Å². The summed E-state index contributed by atoms with van der Waals surface area (Å²) in [7, 11) is -3.87. The smallest absolute Gasteiger partial charge is 0.243 e. The Morgan fingerprint density at radius 2 is 1.66 bits per heavy atom. The van der Waals surface area contributed by atoms with Gasteiger partial charge in [0.15, 0.2) is 11.5 Å². The number of aryl methyl sites for hydroxylation is 1. The lowest BCUT2D eigenvalue weighted by molar-refractivity contribution is -0.121. The lowest BCUT2D eigenvalue weighted by atomic mass is 10.2. The zero-order valence-electron chi connectivity index (χ0n) is 17.7. The quantitative estimate of drug-likeness (QED) is 0.567. The number of benzene rings is 3. The van der Waals surface area contributed by atoms with E-state index in [-0.39, 0.29) is 31.3 Å². The van der Waals surface area contributed by atoms with Gasteiger partial charge >= 0.3 is 0 Å². The molecule has 0 atom stereocenters. The summed E-state index contributed by atoms with van der Waals surface area (Å²) in [5, 5.41) is 2.80. The predicted octanol–water partition coefficient (Wildman–Crippen LogP) is 3.23. The van der Waals surface area contributed by atoms with Gasteiger partial charge in [0, 0.05) is 13.1 Å². The van der Waals surface area contributed by atoms with Crippen LogP contribution >= 0.6 is 0 Å². The largest absolute Gasteiger partial charge is 0.454 e. The molecule has 3 aromatic rings. The van der Waals surface area contributed by atoms with Crippen molar-refractivity contribution in [3.8, 4) is 11.5 Å². The van der Waals surface area contributed by atoms with Crippen LogP contribution in [0.2, 0.25) is 0 Å². The number of amides is 1. The number of rotatable bonds is 8. The van der Waals surface area contributed by atoms with E-state index >= 15 is 0 Å². The normalized spacial score (nSPS) is 12.7. The summed E-state index contributed by atoms with van der Waals surface area (Å²) in [5.41, 5.74) is 2.59. The fourth-order valence-electron chi connectivity index (χ4n) is 3.34. The van der Waals surface area contributed by atoms with Gasteiger partial charge in [0.05, 0.1) is 11.4 Å². The Morgan fingerprint density at radius 3 is 2.41 bits per heavy atom. The maximum atomic E-state index is 13.3. The summed E-state index contributed by atoms with van der Waals surface area (Å²) in [5.74, 6) is 0.900. The van der Waals surface area contributed by atoms with Gasteiger partial charge in [0.25, 0.3) is 0 Å². The van der Waals surface area contributed by atoms with E-state index in [2.05, 4.69) is 5.32 Å². The van der Waals surface area contributed by atoms with Crippen molar-refractivity contribution < 1.29 is 22.7 Å². The summed E-state index contributed by atoms with van der Waals surface area (Å²) in [6, 6.07) is 21.2. The van der Waals surface area contributed by atoms with E-state index < -0.39 is 15.9 Å². The van der Waals surface area contributed by atoms with Crippen molar-refractivity contribution in [2.45, 2.75) is 24.9 Å². The maximum absolute atomic E-state index is 13.3. The average molecular weight is 453 g/mol. The molecule has 8 heteroatoms. The molecule has 0 aliphatic carbocycles. The van der Waals surface area contributed by atoms with Crippen molar-refractivity contribution in [1.82, 2.24) is 9.62 Å². The molecular weight excluding hydrogens is 428 g/mol. The molecule has 1 aliphatic rings. The molecule has 1 N–H and O–H groups in total. The molecule has 1 heterocycles. The molecule has 4 rings (SSSR count). The standard InChI is InChI=1S/C24H24N2O5S/c1-18-7-10-21(11-8-18)32(28,29)26(15-19-5-3-2-4-6-19)16-24(27)25-14-20-9-12-22-23(13-20)31-17-30-22/h2-13H,14-17H2,1H3,(H,25,27). The van der Waals surface area contributed by atoms with Crippen molar-refractivity contribution >= 4 is 15.9 Å². The third-order valence-electron chi connectivity index (χ3n) is 5.11. The summed E-state index contributed by atoms with van der Waals surface area (Å²) in [4.78, 5) is 12.9. The Balaban J connectivity index is 1.49. The molecule has 0 saturated carbocycles. The second-order valence-electron chi connectivity index (χ2n) is 7.54. The van der Waals surface area contributed by atoms with Gasteiger partial charge in [-0.2, -0.15) is 4.31 Å². The van der Waals surface area contributed by atoms with Crippen LogP contribution in [0, 0.1) is 6.92 Å². The lowest BCUT2D eigenvalue weighted by Gasteiger charge is -2.22. The highest BCUT2D eigenvalue weighted by atomic mass is 32.2. The van der Waals surface area contributed by atoms with Gasteiger partial charge < -0.3 is 14.8 Å². The highest BCUT2D eigenvalue weighted by Crippen LogP contribution is 2.32. The second-order valence-corrected chi connectivity index (χ2v) is 9.47. The van der Waals surface area contributed by atoms with Gasteiger partial charge in [0.1, 0.15) is 0 Å². The van der Waals surface area contributed by atoms with Crippen LogP contribution in [-0.2, 0) is 27.9 Å². The first-order valence-electron chi connectivity index (χ1n) is 10.2. The molecule has 1 aliphatic heterocycles. The van der Waals surface area contributed by atoms with Crippen LogP contribution in [0.3, 0.4) is 0 Å². The number of nitrogens with zero attached hydrogens (tertiary/aromatic N) is 1. The van der Waals surface area contributed by atoms with Crippen molar-refractivity contribution in [2.24, 2.45) is 0 Å². The Labute approximate surface area is 187 Å². The number of ether oxygens (including phenoxy) is 2. The first-order chi connectivity index (χ1) is 15.4. The van der Waals surface area contributed by atoms with Gasteiger partial charge in [-0.1, -0.05) is 54.1 Å². The highest BCUT2D eigenvalue weighted by Gasteiger charge is 2.27. The van der Waals surface area contributed by atoms with Crippen LogP contribution < -0.4 is 14.8 Å². The Morgan fingerprint density at radius 1 is 0.938 bits per heavy atom. The molecule has 166 valence electrons. The maximum Gasteiger partial charge on any atom is 0.243 e. The molecule has 0 aromatic heterocycles. The first kappa shape index (κ1) is 21.9. The van der Waals surface area contributed by atoms with Gasteiger partial charge in [0.2, 0.25) is 22.7 Å². The summed E-state index contributed by atoms with van der Waals surface area (Å²) in [6.07, 6.45) is 0. The van der Waals surface area contributed by atoms with Gasteiger partial charge in [-0.3, -0.25) is 4.79 Å². The van der Waals surface area contributed by atoms with E-state index in [1.165, 1.54) is 4.31 Å². The first-order valence-corrected chi connectivity index (χ1v) is 11.6. The van der Waals surface area contributed by atoms with E-state index in [4.69, 9.17) is 9.47 Å². The third-order valence-corrected chi connectivity index (χ3v) is 6.91. The number of nitrogens with one attached hydrogen (secondary N) is 1. The van der Waals surface area contributed by atoms with Crippen molar-refractivity contribution in [3.05, 3.63) is 89.5 Å². The molecule has 0 bridgehead atoms. The third kappa shape index (κ3) is 5.09. The van der Waals surface area contributed by atoms with E-state index in [0.29, 0.717) is 11.5 Å². The molecule has 32 heavy (non-hydrogen) atoms. The Hall–Kier alpha value is -3.36. The highest BCUT2D eigenvalue weighted by molar-refractivity contribution is 7.89. The fraction of sp³-hybridized carbons (Fsp3) is 0.208. The van der Waals surface area contributed by atoms with Crippen LogP contribution in [0.15, 0.2) is 77.7 Å². The SMILES string of the molecule is Cc1ccc(S(=O)(=O)N(CC(=O)NCc2ccc3c(c2)OCO3)Cc2ccccc2)cc1. The molecule has 0 spiro atoms. The van der Waals surface area contributed by atoms with Crippen LogP contribution in [0.4, 0.5) is 0 Å². The van der Waals surface area contributed by atoms with E-state index in [1.54, 1.807) is 36.4 Å². The molecule has 7 nitrogen and oxygen atoms in total. The van der Waals surface area contributed by atoms with Crippen LogP contribution in [0.1, 0.15) is 16.7 Å². The van der Waals surface area contributed by atoms with Crippen LogP contribution in [0.25, 0.3) is 0 Å². The molecule has 3 aromatic carbocycles. The minimum atomic E-state index is -3.87. The number of carbonyl (C=O) groups is 1. The van der Waals surface area contributed by atoms with E-state index in [1.807, 2.05) is 43.3 Å². The minimum absolute atomic E-state index is 0.0918. The summed E-state index contributed by atoms with van der Waals surface area (Å²) in [6.45, 7) is 2.11. The van der Waals surface area contributed by atoms with Gasteiger partial charge in [-0.15, -0.1) is 0 Å². The monoisotopic (exact) mass is 452 g/mol. The lowest BCUT2D eigenvalue weighted by Crippen LogP contribution is -2.40. The topological polar surface area (TPSA) is 84.9 Å². The molecule has 0 saturated heterocycles. The number of sulfonamides is 1. The minimum Gasteiger partial charge on any atom is -0.454 e. The fourth-order valence-corrected chi connectivity index (χ4v) is 4.72. The number of hydrogen-bond acceptors (Lipinski definition) is 5. The Kier molecular flexibility index (Phi) is 6.43. The van der Waals surface area contributed by atoms with E-state index in [9.17, 15) is 13.2 Å². The second kappa shape index (κ2) is 9.42. The number of hydrogen-bond donors (Lipinski definition) is 1. The van der Waals surface area contributed by atoms with Gasteiger partial charge in [-0.05, 0) is 42.3 Å². The van der Waals surface area contributed by atoms with Gasteiger partial charge in [-0.25, -0.2) is 8.42 Å². The molecule has 0 radical (unpaired) electrons. The Bertz CT molecular complexity index is 1190. The summed E-state index contributed by atoms with van der Waals surface area (Å²) >= 11 is 0. The molecule has 1 amide bonds. The van der Waals surface area contributed by atoms with Crippen LogP contribution in [0.5, 0.6) is 11.5 Å². The van der Waals surface area contributed by atoms with Crippen molar-refractivity contribution in [3.63, 3.8) is 0 Å². The average Bonchev–Trinajstić information content (AvgIpc) is 3.26. The molecule has 0 fully saturated rings. The predicted molar refractivity (Wildman–Crippen MR) is 120 cm³/mol. The summed E-state index contributed by atoms with van der Waals surface area (Å²) < 4.78 is 38.4. The van der Waals surface area contributed by atoms with E-state index in [0.717, 1.165) is 16.7 Å².